The lowest BCUT2D eigenvalue weighted by atomic mass is 10.0. The fraction of sp³-hybridized carbons (Fsp3) is 0.172. The number of carbonyl (C=O) groups is 4. The highest BCUT2D eigenvalue weighted by molar-refractivity contribution is 6.40. The molecule has 6 N–H and O–H groups in total. The number of nitrogens with one attached hydrogen (secondary N) is 3. The van der Waals surface area contributed by atoms with Crippen molar-refractivity contribution >= 4 is 52.6 Å². The molecular formula is C29H25Cl2N5O5. The molecule has 0 saturated carbocycles. The van der Waals surface area contributed by atoms with Gasteiger partial charge in [0.2, 0.25) is 0 Å². The Kier molecular flexibility index (Phi) is 10.6. The molecular weight excluding hydrogens is 569 g/mol. The molecule has 0 aliphatic heterocycles. The van der Waals surface area contributed by atoms with Crippen LogP contribution in [-0.2, 0) is 16.0 Å². The van der Waals surface area contributed by atoms with Gasteiger partial charge in [-0.2, -0.15) is 5.26 Å². The monoisotopic (exact) mass is 593 g/mol. The van der Waals surface area contributed by atoms with Gasteiger partial charge in [0, 0.05) is 18.4 Å². The molecule has 3 aromatic rings. The summed E-state index contributed by atoms with van der Waals surface area (Å²) in [6, 6.07) is 17.1. The van der Waals surface area contributed by atoms with Crippen LogP contribution in [0.15, 0.2) is 60.7 Å². The van der Waals surface area contributed by atoms with E-state index >= 15 is 0 Å². The minimum absolute atomic E-state index is 0.0312. The fourth-order valence-corrected chi connectivity index (χ4v) is 4.62. The molecule has 0 bridgehead atoms. The van der Waals surface area contributed by atoms with Crippen LogP contribution in [0.5, 0.6) is 0 Å². The van der Waals surface area contributed by atoms with E-state index in [4.69, 9.17) is 34.3 Å². The first-order valence-electron chi connectivity index (χ1n) is 12.2. The van der Waals surface area contributed by atoms with E-state index < -0.39 is 36.2 Å². The van der Waals surface area contributed by atoms with Crippen LogP contribution in [0.2, 0.25) is 10.0 Å². The molecule has 0 aliphatic rings. The quantitative estimate of drug-likeness (QED) is 0.155. The van der Waals surface area contributed by atoms with Crippen molar-refractivity contribution < 1.29 is 24.3 Å². The van der Waals surface area contributed by atoms with E-state index in [0.717, 1.165) is 5.56 Å². The van der Waals surface area contributed by atoms with Gasteiger partial charge < -0.3 is 21.5 Å². The topological polar surface area (TPSA) is 186 Å². The average molecular weight is 594 g/mol. The summed E-state index contributed by atoms with van der Waals surface area (Å²) < 4.78 is 0. The number of Topliss-reactive ketones (excluding diaryl/α,β-unsaturated/α-hetero) is 1. The molecule has 0 saturated heterocycles. The van der Waals surface area contributed by atoms with Crippen molar-refractivity contribution in [1.29, 1.82) is 10.7 Å². The Balaban J connectivity index is 1.60. The highest BCUT2D eigenvalue weighted by Crippen LogP contribution is 2.32. The van der Waals surface area contributed by atoms with Gasteiger partial charge in [-0.05, 0) is 53.4 Å². The second-order valence-electron chi connectivity index (χ2n) is 9.04. The summed E-state index contributed by atoms with van der Waals surface area (Å²) in [6.45, 7) is -0.406. The Morgan fingerprint density at radius 2 is 1.63 bits per heavy atom. The van der Waals surface area contributed by atoms with Crippen molar-refractivity contribution in [3.05, 3.63) is 93.0 Å². The molecule has 0 fully saturated rings. The highest BCUT2D eigenvalue weighted by atomic mass is 35.5. The Hall–Kier alpha value is -4.72. The maximum absolute atomic E-state index is 12.9. The van der Waals surface area contributed by atoms with Gasteiger partial charge in [-0.15, -0.1) is 0 Å². The number of nitrogens with two attached hydrogens (primary N) is 1. The lowest BCUT2D eigenvalue weighted by molar-refractivity contribution is -0.139. The van der Waals surface area contributed by atoms with Crippen LogP contribution in [0.1, 0.15) is 44.7 Å². The molecule has 3 aromatic carbocycles. The number of nitrogens with zero attached hydrogens (tertiary/aromatic N) is 1. The number of ketones is 1. The number of amidine groups is 1. The van der Waals surface area contributed by atoms with Crippen LogP contribution in [0.25, 0.3) is 11.1 Å². The number of carboxylic acids is 1. The predicted octanol–water partition coefficient (Wildman–Crippen LogP) is 3.97. The van der Waals surface area contributed by atoms with Crippen molar-refractivity contribution in [2.75, 3.05) is 6.54 Å². The number of nitriles is 1. The predicted molar refractivity (Wildman–Crippen MR) is 154 cm³/mol. The minimum atomic E-state index is -1.43. The van der Waals surface area contributed by atoms with Crippen LogP contribution in [0.4, 0.5) is 0 Å². The van der Waals surface area contributed by atoms with Crippen molar-refractivity contribution in [2.45, 2.75) is 25.3 Å². The molecule has 0 aromatic heterocycles. The third kappa shape index (κ3) is 8.63. The summed E-state index contributed by atoms with van der Waals surface area (Å²) in [7, 11) is 0. The molecule has 41 heavy (non-hydrogen) atoms. The van der Waals surface area contributed by atoms with E-state index in [-0.39, 0.29) is 51.8 Å². The third-order valence-electron chi connectivity index (χ3n) is 5.92. The Morgan fingerprint density at radius 3 is 2.22 bits per heavy atom. The first kappa shape index (κ1) is 30.8. The Morgan fingerprint density at radius 1 is 0.976 bits per heavy atom. The zero-order valence-electron chi connectivity index (χ0n) is 21.5. The normalized spacial score (nSPS) is 11.1. The van der Waals surface area contributed by atoms with Gasteiger partial charge in [-0.1, -0.05) is 53.5 Å². The van der Waals surface area contributed by atoms with Gasteiger partial charge in [0.1, 0.15) is 6.04 Å². The number of benzene rings is 3. The van der Waals surface area contributed by atoms with E-state index in [9.17, 15) is 29.5 Å². The van der Waals surface area contributed by atoms with Gasteiger partial charge in [0.25, 0.3) is 11.8 Å². The maximum atomic E-state index is 12.9. The summed E-state index contributed by atoms with van der Waals surface area (Å²) in [6.07, 6.45) is -0.468. The molecule has 1 atom stereocenters. The molecule has 0 radical (unpaired) electrons. The van der Waals surface area contributed by atoms with Crippen molar-refractivity contribution in [2.24, 2.45) is 5.73 Å². The van der Waals surface area contributed by atoms with E-state index in [1.807, 2.05) is 36.4 Å². The first-order chi connectivity index (χ1) is 19.5. The van der Waals surface area contributed by atoms with Gasteiger partial charge in [-0.25, -0.2) is 4.79 Å². The first-order valence-corrected chi connectivity index (χ1v) is 13.0. The van der Waals surface area contributed by atoms with E-state index in [2.05, 4.69) is 10.6 Å². The van der Waals surface area contributed by atoms with E-state index in [1.165, 1.54) is 18.2 Å². The molecule has 210 valence electrons. The summed E-state index contributed by atoms with van der Waals surface area (Å²) in [5.41, 5.74) is 7.59. The molecule has 3 rings (SSSR count). The average Bonchev–Trinajstić information content (AvgIpc) is 2.93. The molecule has 10 nitrogen and oxygen atoms in total. The molecule has 12 heteroatoms. The maximum Gasteiger partial charge on any atom is 0.326 e. The number of carboxylic acid groups (broad SMARTS) is 1. The zero-order valence-corrected chi connectivity index (χ0v) is 23.1. The summed E-state index contributed by atoms with van der Waals surface area (Å²) in [5, 5.41) is 31.1. The van der Waals surface area contributed by atoms with Gasteiger partial charge in [0.15, 0.2) is 5.78 Å². The van der Waals surface area contributed by atoms with Crippen LogP contribution >= 0.6 is 23.2 Å². The molecule has 0 heterocycles. The minimum Gasteiger partial charge on any atom is -0.480 e. The molecule has 0 aliphatic carbocycles. The van der Waals surface area contributed by atoms with Gasteiger partial charge in [-0.3, -0.25) is 19.8 Å². The summed E-state index contributed by atoms with van der Waals surface area (Å²) in [4.78, 5) is 49.6. The SMILES string of the molecule is N#Cc1cc(CC(=N)N)cc(C(=O)NCC(=O)CC[C@@H](NC(=O)c2c(Cl)cc(-c3ccccc3)cc2Cl)C(=O)O)c1. The second-order valence-corrected chi connectivity index (χ2v) is 9.85. The van der Waals surface area contributed by atoms with Gasteiger partial charge in [0.05, 0.1) is 39.6 Å². The van der Waals surface area contributed by atoms with E-state index in [1.54, 1.807) is 12.1 Å². The number of rotatable bonds is 12. The zero-order chi connectivity index (χ0) is 30.1. The van der Waals surface area contributed by atoms with Crippen LogP contribution in [0, 0.1) is 16.7 Å². The number of hydrogen-bond donors (Lipinski definition) is 5. The summed E-state index contributed by atoms with van der Waals surface area (Å²) >= 11 is 12.6. The van der Waals surface area contributed by atoms with Crippen LogP contribution in [-0.4, -0.2) is 47.1 Å². The standard InChI is InChI=1S/C29H25Cl2N5O5/c30-22-12-19(18-4-2-1-3-5-18)13-23(31)26(22)28(39)36-24(29(40)41)7-6-21(37)15-35-27(38)20-9-16(11-25(33)34)8-17(10-20)14-32/h1-5,8-10,12-13,24H,6-7,11,15H2,(H3,33,34)(H,35,38)(H,36,39)(H,40,41)/t24-/m1/s1. The van der Waals surface area contributed by atoms with Crippen LogP contribution in [0.3, 0.4) is 0 Å². The van der Waals surface area contributed by atoms with Crippen molar-refractivity contribution in [3.63, 3.8) is 0 Å². The summed E-state index contributed by atoms with van der Waals surface area (Å²) in [5.74, 6) is -3.44. The number of halogens is 2. The molecule has 0 spiro atoms. The largest absolute Gasteiger partial charge is 0.480 e. The third-order valence-corrected chi connectivity index (χ3v) is 6.51. The number of amides is 2. The van der Waals surface area contributed by atoms with Crippen molar-refractivity contribution in [3.8, 4) is 17.2 Å². The highest BCUT2D eigenvalue weighted by Gasteiger charge is 2.25. The Labute approximate surface area is 245 Å². The number of carbonyl (C=O) groups excluding carboxylic acids is 3. The van der Waals surface area contributed by atoms with Gasteiger partial charge >= 0.3 is 5.97 Å². The Bertz CT molecular complexity index is 1530. The number of hydrogen-bond acceptors (Lipinski definition) is 6. The fourth-order valence-electron chi connectivity index (χ4n) is 3.96. The number of aliphatic carboxylic acids is 1. The second kappa shape index (κ2) is 14.1. The molecule has 0 unspecified atom stereocenters. The van der Waals surface area contributed by atoms with Crippen LogP contribution < -0.4 is 16.4 Å². The smallest absolute Gasteiger partial charge is 0.326 e. The van der Waals surface area contributed by atoms with Crippen molar-refractivity contribution in [1.82, 2.24) is 10.6 Å². The van der Waals surface area contributed by atoms with E-state index in [0.29, 0.717) is 11.1 Å². The lowest BCUT2D eigenvalue weighted by Crippen LogP contribution is -2.41. The molecule has 2 amide bonds. The lowest BCUT2D eigenvalue weighted by Gasteiger charge is -2.16.